The van der Waals surface area contributed by atoms with E-state index in [4.69, 9.17) is 5.21 Å². The second-order valence-corrected chi connectivity index (χ2v) is 4.95. The predicted molar refractivity (Wildman–Crippen MR) is 86.1 cm³/mol. The van der Waals surface area contributed by atoms with E-state index in [9.17, 15) is 9.59 Å². The van der Waals surface area contributed by atoms with Crippen LogP contribution in [-0.2, 0) is 9.59 Å². The van der Waals surface area contributed by atoms with Gasteiger partial charge < -0.3 is 15.8 Å². The number of carbonyl (C=O) groups is 2. The largest absolute Gasteiger partial charge is 0.410 e. The summed E-state index contributed by atoms with van der Waals surface area (Å²) in [5, 5.41) is 17.0. The minimum Gasteiger partial charge on any atom is -0.410 e. The third-order valence-corrected chi connectivity index (χ3v) is 3.23. The van der Waals surface area contributed by atoms with E-state index in [-0.39, 0.29) is 17.5 Å². The number of carbonyl (C=O) groups excluding carboxylic acids is 2. The van der Waals surface area contributed by atoms with Gasteiger partial charge in [-0.3, -0.25) is 9.59 Å². The molecule has 0 spiro atoms. The Morgan fingerprint density at radius 1 is 1.05 bits per heavy atom. The van der Waals surface area contributed by atoms with E-state index in [1.807, 2.05) is 30.3 Å². The van der Waals surface area contributed by atoms with Gasteiger partial charge in [-0.1, -0.05) is 36.2 Å². The fourth-order valence-corrected chi connectivity index (χ4v) is 2.03. The molecule has 6 nitrogen and oxygen atoms in total. The molecule has 0 aromatic heterocycles. The molecule has 0 aliphatic carbocycles. The van der Waals surface area contributed by atoms with Crippen molar-refractivity contribution in [3.05, 3.63) is 30.3 Å². The molecule has 0 saturated heterocycles. The van der Waals surface area contributed by atoms with Gasteiger partial charge in [-0.15, -0.1) is 0 Å². The average molecular weight is 305 g/mol. The molecule has 22 heavy (non-hydrogen) atoms. The minimum atomic E-state index is -0.357. The van der Waals surface area contributed by atoms with Crippen LogP contribution in [0, 0.1) is 0 Å². The quantitative estimate of drug-likeness (QED) is 0.283. The molecule has 0 atom stereocenters. The van der Waals surface area contributed by atoms with Gasteiger partial charge in [0.05, 0.1) is 0 Å². The van der Waals surface area contributed by atoms with Gasteiger partial charge in [0.1, 0.15) is 5.71 Å². The SMILES string of the molecule is CNC(=O)/C(CCCCCCC(=O)Nc1ccccc1)=N\O. The molecule has 3 N–H and O–H groups in total. The molecule has 0 aliphatic rings. The lowest BCUT2D eigenvalue weighted by Gasteiger charge is -2.05. The van der Waals surface area contributed by atoms with Crippen molar-refractivity contribution in [2.24, 2.45) is 5.16 Å². The Hall–Kier alpha value is -2.37. The van der Waals surface area contributed by atoms with Crippen LogP contribution >= 0.6 is 0 Å². The van der Waals surface area contributed by atoms with Crippen molar-refractivity contribution in [3.63, 3.8) is 0 Å². The van der Waals surface area contributed by atoms with Crippen LogP contribution in [0.15, 0.2) is 35.5 Å². The normalized spacial score (nSPS) is 11.0. The van der Waals surface area contributed by atoms with Gasteiger partial charge in [0.25, 0.3) is 5.91 Å². The van der Waals surface area contributed by atoms with E-state index in [0.29, 0.717) is 12.8 Å². The van der Waals surface area contributed by atoms with Crippen LogP contribution in [0.5, 0.6) is 0 Å². The molecule has 0 aliphatic heterocycles. The molecular weight excluding hydrogens is 282 g/mol. The fraction of sp³-hybridized carbons (Fsp3) is 0.438. The molecule has 0 fully saturated rings. The number of benzene rings is 1. The zero-order valence-electron chi connectivity index (χ0n) is 12.8. The van der Waals surface area contributed by atoms with Crippen molar-refractivity contribution < 1.29 is 14.8 Å². The number of rotatable bonds is 9. The summed E-state index contributed by atoms with van der Waals surface area (Å²) >= 11 is 0. The lowest BCUT2D eigenvalue weighted by Crippen LogP contribution is -2.27. The van der Waals surface area contributed by atoms with Crippen molar-refractivity contribution in [3.8, 4) is 0 Å². The zero-order valence-corrected chi connectivity index (χ0v) is 12.8. The lowest BCUT2D eigenvalue weighted by atomic mass is 10.1. The number of hydrogen-bond acceptors (Lipinski definition) is 4. The number of unbranched alkanes of at least 4 members (excludes halogenated alkanes) is 3. The Labute approximate surface area is 130 Å². The molecule has 6 heteroatoms. The van der Waals surface area contributed by atoms with Crippen molar-refractivity contribution in [1.82, 2.24) is 5.32 Å². The second kappa shape index (κ2) is 10.4. The summed E-state index contributed by atoms with van der Waals surface area (Å²) < 4.78 is 0. The first-order valence-corrected chi connectivity index (χ1v) is 7.45. The van der Waals surface area contributed by atoms with Crippen LogP contribution < -0.4 is 10.6 Å². The van der Waals surface area contributed by atoms with Crippen molar-refractivity contribution in [1.29, 1.82) is 0 Å². The van der Waals surface area contributed by atoms with Gasteiger partial charge in [-0.25, -0.2) is 0 Å². The molecule has 1 aromatic rings. The monoisotopic (exact) mass is 305 g/mol. The molecule has 0 saturated carbocycles. The maximum atomic E-state index is 11.7. The topological polar surface area (TPSA) is 90.8 Å². The maximum absolute atomic E-state index is 11.7. The van der Waals surface area contributed by atoms with Gasteiger partial charge in [0.2, 0.25) is 5.91 Å². The number of hydrogen-bond donors (Lipinski definition) is 3. The molecule has 120 valence electrons. The van der Waals surface area contributed by atoms with E-state index < -0.39 is 0 Å². The summed E-state index contributed by atoms with van der Waals surface area (Å²) in [5.41, 5.74) is 0.950. The summed E-state index contributed by atoms with van der Waals surface area (Å²) in [4.78, 5) is 23.0. The van der Waals surface area contributed by atoms with Gasteiger partial charge >= 0.3 is 0 Å². The van der Waals surface area contributed by atoms with Crippen molar-refractivity contribution in [2.75, 3.05) is 12.4 Å². The third-order valence-electron chi connectivity index (χ3n) is 3.23. The van der Waals surface area contributed by atoms with Gasteiger partial charge in [-0.2, -0.15) is 0 Å². The van der Waals surface area contributed by atoms with Crippen LogP contribution in [0.3, 0.4) is 0 Å². The van der Waals surface area contributed by atoms with E-state index in [1.54, 1.807) is 0 Å². The van der Waals surface area contributed by atoms with Crippen LogP contribution in [0.2, 0.25) is 0 Å². The molecule has 2 amide bonds. The van der Waals surface area contributed by atoms with Crippen LogP contribution in [-0.4, -0.2) is 29.8 Å². The molecule has 0 heterocycles. The summed E-state index contributed by atoms with van der Waals surface area (Å²) in [6.07, 6.45) is 4.25. The Balaban J connectivity index is 2.10. The first-order valence-electron chi connectivity index (χ1n) is 7.45. The Bertz CT molecular complexity index is 501. The molecule has 0 bridgehead atoms. The van der Waals surface area contributed by atoms with Gasteiger partial charge in [0, 0.05) is 19.2 Å². The standard InChI is InChI=1S/C16H23N3O3/c1-17-16(21)14(19-22)11-7-2-3-8-12-15(20)18-13-9-5-4-6-10-13/h4-6,9-10,22H,2-3,7-8,11-12H2,1H3,(H,17,21)(H,18,20)/b19-14-. The maximum Gasteiger partial charge on any atom is 0.268 e. The number of anilines is 1. The van der Waals surface area contributed by atoms with E-state index in [0.717, 1.165) is 31.4 Å². The molecule has 0 unspecified atom stereocenters. The smallest absolute Gasteiger partial charge is 0.268 e. The highest BCUT2D eigenvalue weighted by atomic mass is 16.4. The van der Waals surface area contributed by atoms with Gasteiger partial charge in [0.15, 0.2) is 0 Å². The van der Waals surface area contributed by atoms with E-state index >= 15 is 0 Å². The number of amides is 2. The predicted octanol–water partition coefficient (Wildman–Crippen LogP) is 2.54. The molecule has 1 aromatic carbocycles. The summed E-state index contributed by atoms with van der Waals surface area (Å²) in [5.74, 6) is -0.348. The fourth-order valence-electron chi connectivity index (χ4n) is 2.03. The van der Waals surface area contributed by atoms with Crippen molar-refractivity contribution >= 4 is 23.2 Å². The summed E-state index contributed by atoms with van der Waals surface area (Å²) in [6, 6.07) is 9.36. The Morgan fingerprint density at radius 3 is 2.27 bits per heavy atom. The first kappa shape index (κ1) is 17.7. The zero-order chi connectivity index (χ0) is 16.2. The highest BCUT2D eigenvalue weighted by Crippen LogP contribution is 2.09. The lowest BCUT2D eigenvalue weighted by molar-refractivity contribution is -0.116. The van der Waals surface area contributed by atoms with Gasteiger partial charge in [-0.05, 0) is 31.4 Å². The molecule has 0 radical (unpaired) electrons. The summed E-state index contributed by atoms with van der Waals surface area (Å²) in [6.45, 7) is 0. The highest BCUT2D eigenvalue weighted by molar-refractivity contribution is 6.38. The third kappa shape index (κ3) is 6.88. The molecule has 1 rings (SSSR count). The van der Waals surface area contributed by atoms with Crippen LogP contribution in [0.4, 0.5) is 5.69 Å². The second-order valence-electron chi connectivity index (χ2n) is 4.95. The number of oxime groups is 1. The minimum absolute atomic E-state index is 0.00849. The number of nitrogens with one attached hydrogen (secondary N) is 2. The molecular formula is C16H23N3O3. The number of para-hydroxylation sites is 1. The van der Waals surface area contributed by atoms with E-state index in [2.05, 4.69) is 15.8 Å². The Morgan fingerprint density at radius 2 is 1.68 bits per heavy atom. The van der Waals surface area contributed by atoms with Crippen molar-refractivity contribution in [2.45, 2.75) is 38.5 Å². The average Bonchev–Trinajstić information content (AvgIpc) is 2.54. The summed E-state index contributed by atoms with van der Waals surface area (Å²) in [7, 11) is 1.50. The highest BCUT2D eigenvalue weighted by Gasteiger charge is 2.09. The van der Waals surface area contributed by atoms with Crippen LogP contribution in [0.1, 0.15) is 38.5 Å². The first-order chi connectivity index (χ1) is 10.7. The van der Waals surface area contributed by atoms with Crippen LogP contribution in [0.25, 0.3) is 0 Å². The number of nitrogens with zero attached hydrogens (tertiary/aromatic N) is 1. The van der Waals surface area contributed by atoms with E-state index in [1.165, 1.54) is 7.05 Å². The Kier molecular flexibility index (Phi) is 8.33.